The van der Waals surface area contributed by atoms with E-state index in [-0.39, 0.29) is 5.78 Å². The Balaban J connectivity index is 2.86. The van der Waals surface area contributed by atoms with Gasteiger partial charge < -0.3 is 10.2 Å². The fourth-order valence-electron chi connectivity index (χ4n) is 1.31. The maximum atomic E-state index is 11.0. The lowest BCUT2D eigenvalue weighted by atomic mass is 10.3. The van der Waals surface area contributed by atoms with Crippen molar-refractivity contribution in [3.63, 3.8) is 0 Å². The van der Waals surface area contributed by atoms with Crippen molar-refractivity contribution in [2.75, 3.05) is 0 Å². The minimum atomic E-state index is -1.36. The van der Waals surface area contributed by atoms with Crippen molar-refractivity contribution in [2.45, 2.75) is 32.5 Å². The van der Waals surface area contributed by atoms with Crippen molar-refractivity contribution in [1.82, 2.24) is 10.2 Å². The Morgan fingerprint density at radius 3 is 2.15 bits per heavy atom. The molecule has 0 bridgehead atoms. The van der Waals surface area contributed by atoms with Gasteiger partial charge in [-0.3, -0.25) is 19.8 Å². The van der Waals surface area contributed by atoms with Gasteiger partial charge in [0.25, 0.3) is 0 Å². The van der Waals surface area contributed by atoms with Crippen LogP contribution in [0.4, 0.5) is 0 Å². The zero-order valence-corrected chi connectivity index (χ0v) is 7.39. The van der Waals surface area contributed by atoms with Crippen LogP contribution >= 0.6 is 0 Å². The normalized spacial score (nSPS) is 33.5. The van der Waals surface area contributed by atoms with Gasteiger partial charge in [0.05, 0.1) is 0 Å². The first-order valence-electron chi connectivity index (χ1n) is 3.86. The van der Waals surface area contributed by atoms with Crippen LogP contribution in [0.2, 0.25) is 0 Å². The van der Waals surface area contributed by atoms with E-state index in [9.17, 15) is 14.7 Å². The lowest BCUT2D eigenvalue weighted by Crippen LogP contribution is -2.46. The molecule has 1 aliphatic rings. The van der Waals surface area contributed by atoms with E-state index in [2.05, 4.69) is 5.32 Å². The van der Waals surface area contributed by atoms with E-state index in [1.807, 2.05) is 0 Å². The van der Waals surface area contributed by atoms with Crippen molar-refractivity contribution in [3.8, 4) is 0 Å². The first-order valence-corrected chi connectivity index (χ1v) is 3.86. The Labute approximate surface area is 75.1 Å². The fourth-order valence-corrected chi connectivity index (χ4v) is 1.31. The molecule has 0 aliphatic carbocycles. The molecule has 0 aromatic heterocycles. The van der Waals surface area contributed by atoms with Crippen LogP contribution < -0.4 is 5.32 Å². The zero-order chi connectivity index (χ0) is 10.2. The maximum Gasteiger partial charge on any atom is 0.223 e. The van der Waals surface area contributed by atoms with E-state index in [1.54, 1.807) is 0 Å². The summed E-state index contributed by atoms with van der Waals surface area (Å²) in [7, 11) is 0. The van der Waals surface area contributed by atoms with Gasteiger partial charge in [0.2, 0.25) is 5.91 Å². The average molecular weight is 188 g/mol. The SMILES string of the molecule is CC(=O)C1NC(O)C(O)N1C(C)=O. The Kier molecular flexibility index (Phi) is 2.65. The summed E-state index contributed by atoms with van der Waals surface area (Å²) < 4.78 is 0. The third-order valence-electron chi connectivity index (χ3n) is 1.92. The number of amides is 1. The molecule has 6 nitrogen and oxygen atoms in total. The highest BCUT2D eigenvalue weighted by Gasteiger charge is 2.42. The van der Waals surface area contributed by atoms with Crippen LogP contribution in [0.1, 0.15) is 13.8 Å². The molecule has 3 unspecified atom stereocenters. The lowest BCUT2D eigenvalue weighted by molar-refractivity contribution is -0.146. The summed E-state index contributed by atoms with van der Waals surface area (Å²) >= 11 is 0. The molecule has 0 aromatic rings. The van der Waals surface area contributed by atoms with E-state index in [1.165, 1.54) is 13.8 Å². The number of aliphatic hydroxyl groups is 2. The molecule has 1 amide bonds. The van der Waals surface area contributed by atoms with Gasteiger partial charge in [0, 0.05) is 6.92 Å². The Morgan fingerprint density at radius 2 is 1.85 bits per heavy atom. The van der Waals surface area contributed by atoms with Crippen molar-refractivity contribution in [1.29, 1.82) is 0 Å². The van der Waals surface area contributed by atoms with Crippen LogP contribution in [-0.2, 0) is 9.59 Å². The summed E-state index contributed by atoms with van der Waals surface area (Å²) in [5.74, 6) is -0.789. The Morgan fingerprint density at radius 1 is 1.31 bits per heavy atom. The first-order chi connectivity index (χ1) is 5.95. The minimum Gasteiger partial charge on any atom is -0.374 e. The molecule has 0 spiro atoms. The summed E-state index contributed by atoms with van der Waals surface area (Å²) in [6, 6.07) is 0. The molecule has 3 atom stereocenters. The molecule has 0 aromatic carbocycles. The highest BCUT2D eigenvalue weighted by molar-refractivity contribution is 5.87. The quantitative estimate of drug-likeness (QED) is 0.442. The Bertz CT molecular complexity index is 243. The van der Waals surface area contributed by atoms with Crippen molar-refractivity contribution < 1.29 is 19.8 Å². The molecule has 13 heavy (non-hydrogen) atoms. The van der Waals surface area contributed by atoms with E-state index < -0.39 is 24.5 Å². The van der Waals surface area contributed by atoms with Gasteiger partial charge in [-0.1, -0.05) is 0 Å². The number of carbonyl (C=O) groups excluding carboxylic acids is 2. The third kappa shape index (κ3) is 1.69. The molecule has 1 aliphatic heterocycles. The molecular formula is C7H12N2O4. The molecule has 3 N–H and O–H groups in total. The van der Waals surface area contributed by atoms with Gasteiger partial charge in [-0.15, -0.1) is 0 Å². The summed E-state index contributed by atoms with van der Waals surface area (Å²) in [5, 5.41) is 20.8. The Hall–Kier alpha value is -0.980. The molecule has 6 heteroatoms. The molecule has 1 saturated heterocycles. The summed E-state index contributed by atoms with van der Waals surface area (Å²) in [6.45, 7) is 2.50. The minimum absolute atomic E-state index is 0.328. The van der Waals surface area contributed by atoms with Crippen LogP contribution in [0.15, 0.2) is 0 Å². The van der Waals surface area contributed by atoms with Crippen LogP contribution in [0.25, 0.3) is 0 Å². The molecule has 0 saturated carbocycles. The second-order valence-corrected chi connectivity index (χ2v) is 2.96. The van der Waals surface area contributed by atoms with Crippen LogP contribution in [0, 0.1) is 0 Å². The summed E-state index contributed by atoms with van der Waals surface area (Å²) in [5.41, 5.74) is 0. The van der Waals surface area contributed by atoms with Gasteiger partial charge >= 0.3 is 0 Å². The second-order valence-electron chi connectivity index (χ2n) is 2.96. The fraction of sp³-hybridized carbons (Fsp3) is 0.714. The maximum absolute atomic E-state index is 11.0. The summed E-state index contributed by atoms with van der Waals surface area (Å²) in [4.78, 5) is 22.9. The van der Waals surface area contributed by atoms with Crippen LogP contribution in [0.3, 0.4) is 0 Å². The number of hydrogen-bond donors (Lipinski definition) is 3. The molecular weight excluding hydrogens is 176 g/mol. The van der Waals surface area contributed by atoms with Crippen molar-refractivity contribution >= 4 is 11.7 Å². The van der Waals surface area contributed by atoms with E-state index >= 15 is 0 Å². The standard InChI is InChI=1S/C7H12N2O4/c1-3(10)5-8-6(12)7(13)9(5)4(2)11/h5-8,12-13H,1-2H3. The number of hydrogen-bond acceptors (Lipinski definition) is 5. The second kappa shape index (κ2) is 3.41. The molecule has 0 radical (unpaired) electrons. The van der Waals surface area contributed by atoms with Crippen molar-refractivity contribution in [3.05, 3.63) is 0 Å². The number of nitrogens with zero attached hydrogens (tertiary/aromatic N) is 1. The van der Waals surface area contributed by atoms with Gasteiger partial charge in [-0.05, 0) is 6.92 Å². The predicted octanol–water partition coefficient (Wildman–Crippen LogP) is -2.01. The zero-order valence-electron chi connectivity index (χ0n) is 7.39. The predicted molar refractivity (Wildman–Crippen MR) is 42.1 cm³/mol. The summed E-state index contributed by atoms with van der Waals surface area (Å²) in [6.07, 6.45) is -3.55. The first kappa shape index (κ1) is 10.1. The van der Waals surface area contributed by atoms with Gasteiger partial charge in [0.15, 0.2) is 18.2 Å². The number of nitrogens with one attached hydrogen (secondary N) is 1. The number of rotatable bonds is 1. The number of aliphatic hydroxyl groups excluding tert-OH is 2. The number of Topliss-reactive ketones (excluding diaryl/α,β-unsaturated/α-hetero) is 1. The van der Waals surface area contributed by atoms with E-state index in [0.717, 1.165) is 4.90 Å². The van der Waals surface area contributed by atoms with Gasteiger partial charge in [-0.25, -0.2) is 0 Å². The molecule has 1 heterocycles. The third-order valence-corrected chi connectivity index (χ3v) is 1.92. The average Bonchev–Trinajstić information content (AvgIpc) is 2.28. The topological polar surface area (TPSA) is 89.9 Å². The highest BCUT2D eigenvalue weighted by Crippen LogP contribution is 2.14. The van der Waals surface area contributed by atoms with Gasteiger partial charge in [-0.2, -0.15) is 0 Å². The lowest BCUT2D eigenvalue weighted by Gasteiger charge is -2.22. The molecule has 1 fully saturated rings. The number of carbonyl (C=O) groups is 2. The largest absolute Gasteiger partial charge is 0.374 e. The van der Waals surface area contributed by atoms with Crippen LogP contribution in [0.5, 0.6) is 0 Å². The monoisotopic (exact) mass is 188 g/mol. The number of ketones is 1. The molecule has 1 rings (SSSR count). The van der Waals surface area contributed by atoms with E-state index in [0.29, 0.717) is 0 Å². The highest BCUT2D eigenvalue weighted by atomic mass is 16.4. The van der Waals surface area contributed by atoms with E-state index in [4.69, 9.17) is 5.11 Å². The molecule has 74 valence electrons. The van der Waals surface area contributed by atoms with Crippen LogP contribution in [-0.4, -0.2) is 45.4 Å². The van der Waals surface area contributed by atoms with Crippen molar-refractivity contribution in [2.24, 2.45) is 0 Å². The smallest absolute Gasteiger partial charge is 0.223 e. The van der Waals surface area contributed by atoms with Gasteiger partial charge in [0.1, 0.15) is 6.17 Å².